The van der Waals surface area contributed by atoms with Gasteiger partial charge in [-0.25, -0.2) is 9.78 Å². The summed E-state index contributed by atoms with van der Waals surface area (Å²) in [6, 6.07) is 34.0. The van der Waals surface area contributed by atoms with E-state index in [1.807, 2.05) is 97.1 Å². The Balaban J connectivity index is 1.31. The topological polar surface area (TPSA) is 59.5 Å². The quantitative estimate of drug-likeness (QED) is 0.239. The fraction of sp³-hybridized carbons (Fsp3) is 0.0690. The first-order valence-electron chi connectivity index (χ1n) is 11.3. The van der Waals surface area contributed by atoms with Crippen LogP contribution in [0.1, 0.15) is 16.8 Å². The van der Waals surface area contributed by atoms with E-state index in [0.717, 1.165) is 32.2 Å². The summed E-state index contributed by atoms with van der Waals surface area (Å²) in [7, 11) is 0. The molecule has 1 amide bonds. The molecule has 5 aromatic rings. The maximum atomic E-state index is 13.2. The first kappa shape index (κ1) is 22.5. The second-order valence-corrected chi connectivity index (χ2v) is 8.85. The van der Waals surface area contributed by atoms with Gasteiger partial charge in [0, 0.05) is 16.9 Å². The van der Waals surface area contributed by atoms with Crippen LogP contribution in [0.3, 0.4) is 0 Å². The van der Waals surface area contributed by atoms with Crippen molar-refractivity contribution in [1.29, 1.82) is 0 Å². The molecule has 5 rings (SSSR count). The first-order chi connectivity index (χ1) is 17.2. The number of hydrogen-bond donors (Lipinski definition) is 0. The number of para-hydroxylation sites is 3. The molecule has 0 saturated heterocycles. The van der Waals surface area contributed by atoms with Gasteiger partial charge in [-0.15, -0.1) is 11.3 Å². The molecule has 0 saturated carbocycles. The highest BCUT2D eigenvalue weighted by Crippen LogP contribution is 2.32. The zero-order valence-electron chi connectivity index (χ0n) is 18.8. The number of benzene rings is 4. The molecule has 1 aromatic heterocycles. The van der Waals surface area contributed by atoms with Crippen LogP contribution in [-0.4, -0.2) is 23.5 Å². The zero-order valence-corrected chi connectivity index (χ0v) is 19.7. The Morgan fingerprint density at radius 3 is 2.03 bits per heavy atom. The number of amides is 1. The Morgan fingerprint density at radius 2 is 1.34 bits per heavy atom. The summed E-state index contributed by atoms with van der Waals surface area (Å²) >= 11 is 1.53. The van der Waals surface area contributed by atoms with Crippen molar-refractivity contribution in [3.63, 3.8) is 0 Å². The highest BCUT2D eigenvalue weighted by Gasteiger charge is 2.20. The summed E-state index contributed by atoms with van der Waals surface area (Å²) < 4.78 is 6.60. The summed E-state index contributed by atoms with van der Waals surface area (Å²) in [5, 5.41) is 0.758. The molecule has 0 atom stereocenters. The molecular weight excluding hydrogens is 456 g/mol. The van der Waals surface area contributed by atoms with Crippen molar-refractivity contribution in [3.05, 3.63) is 115 Å². The van der Waals surface area contributed by atoms with Gasteiger partial charge >= 0.3 is 5.97 Å². The van der Waals surface area contributed by atoms with E-state index in [9.17, 15) is 9.59 Å². The zero-order chi connectivity index (χ0) is 24.0. The minimum Gasteiger partial charge on any atom is -0.462 e. The predicted octanol–water partition coefficient (Wildman–Crippen LogP) is 6.88. The van der Waals surface area contributed by atoms with Crippen LogP contribution in [0, 0.1) is 0 Å². The van der Waals surface area contributed by atoms with Gasteiger partial charge in [0.1, 0.15) is 11.6 Å². The van der Waals surface area contributed by atoms with E-state index in [1.165, 1.54) is 11.3 Å². The van der Waals surface area contributed by atoms with E-state index >= 15 is 0 Å². The van der Waals surface area contributed by atoms with Crippen LogP contribution < -0.4 is 4.90 Å². The molecule has 4 aromatic carbocycles. The SMILES string of the molecule is O=C(OCCC(=O)N(c1ccccc1)c1ccccc1)c1ccccc1-c1nc2ccccc2s1. The highest BCUT2D eigenvalue weighted by molar-refractivity contribution is 7.21. The lowest BCUT2D eigenvalue weighted by Crippen LogP contribution is -2.27. The second kappa shape index (κ2) is 10.3. The smallest absolute Gasteiger partial charge is 0.338 e. The minimum absolute atomic E-state index is 0.0258. The Kier molecular flexibility index (Phi) is 6.63. The van der Waals surface area contributed by atoms with Crippen molar-refractivity contribution >= 4 is 44.8 Å². The molecule has 0 aliphatic heterocycles. The number of nitrogens with zero attached hydrogens (tertiary/aromatic N) is 2. The monoisotopic (exact) mass is 478 g/mol. The van der Waals surface area contributed by atoms with Crippen LogP contribution in [0.25, 0.3) is 20.8 Å². The number of ether oxygens (including phenoxy) is 1. The third-order valence-corrected chi connectivity index (χ3v) is 6.57. The molecule has 0 aliphatic carbocycles. The van der Waals surface area contributed by atoms with E-state index < -0.39 is 5.97 Å². The fourth-order valence-corrected chi connectivity index (χ4v) is 4.85. The molecule has 0 radical (unpaired) electrons. The number of carbonyl (C=O) groups is 2. The van der Waals surface area contributed by atoms with Crippen molar-refractivity contribution in [2.75, 3.05) is 11.5 Å². The largest absolute Gasteiger partial charge is 0.462 e. The van der Waals surface area contributed by atoms with E-state index in [2.05, 4.69) is 4.98 Å². The first-order valence-corrected chi connectivity index (χ1v) is 12.1. The maximum absolute atomic E-state index is 13.2. The molecule has 6 heteroatoms. The minimum atomic E-state index is -0.473. The van der Waals surface area contributed by atoms with Gasteiger partial charge in [-0.1, -0.05) is 66.7 Å². The van der Waals surface area contributed by atoms with Crippen LogP contribution in [-0.2, 0) is 9.53 Å². The number of hydrogen-bond acceptors (Lipinski definition) is 5. The normalized spacial score (nSPS) is 10.7. The molecule has 35 heavy (non-hydrogen) atoms. The van der Waals surface area contributed by atoms with Crippen LogP contribution in [0.2, 0.25) is 0 Å². The molecule has 0 aliphatic rings. The fourth-order valence-electron chi connectivity index (χ4n) is 3.85. The summed E-state index contributed by atoms with van der Waals surface area (Å²) in [5.41, 5.74) is 3.57. The molecule has 0 unspecified atom stereocenters. The van der Waals surface area contributed by atoms with Gasteiger partial charge in [-0.3, -0.25) is 9.69 Å². The molecule has 0 N–H and O–H groups in total. The summed E-state index contributed by atoms with van der Waals surface area (Å²) in [6.45, 7) is -0.0258. The maximum Gasteiger partial charge on any atom is 0.338 e. The van der Waals surface area contributed by atoms with Gasteiger partial charge in [0.25, 0.3) is 0 Å². The number of esters is 1. The Hall–Kier alpha value is -4.29. The summed E-state index contributed by atoms with van der Waals surface area (Å²) in [5.74, 6) is -0.631. The molecule has 0 fully saturated rings. The Bertz CT molecular complexity index is 1390. The van der Waals surface area contributed by atoms with Crippen molar-refractivity contribution < 1.29 is 14.3 Å². The lowest BCUT2D eigenvalue weighted by molar-refractivity contribution is -0.118. The molecular formula is C29H22N2O3S. The van der Waals surface area contributed by atoms with Crippen molar-refractivity contribution in [2.24, 2.45) is 0 Å². The van der Waals surface area contributed by atoms with Gasteiger partial charge < -0.3 is 4.74 Å². The molecule has 1 heterocycles. The Morgan fingerprint density at radius 1 is 0.743 bits per heavy atom. The van der Waals surface area contributed by atoms with Crippen molar-refractivity contribution in [3.8, 4) is 10.6 Å². The lowest BCUT2D eigenvalue weighted by atomic mass is 10.1. The number of thiazole rings is 1. The van der Waals surface area contributed by atoms with Gasteiger partial charge in [-0.2, -0.15) is 0 Å². The molecule has 172 valence electrons. The number of carbonyl (C=O) groups excluding carboxylic acids is 2. The number of anilines is 2. The highest BCUT2D eigenvalue weighted by atomic mass is 32.1. The summed E-state index contributed by atoms with van der Waals surface area (Å²) in [6.07, 6.45) is 0.0544. The van der Waals surface area contributed by atoms with Crippen LogP contribution in [0.15, 0.2) is 109 Å². The third-order valence-electron chi connectivity index (χ3n) is 5.50. The van der Waals surface area contributed by atoms with Gasteiger partial charge in [0.05, 0.1) is 22.2 Å². The average molecular weight is 479 g/mol. The van der Waals surface area contributed by atoms with Gasteiger partial charge in [0.2, 0.25) is 5.91 Å². The van der Waals surface area contributed by atoms with Gasteiger partial charge in [-0.05, 0) is 42.5 Å². The average Bonchev–Trinajstić information content (AvgIpc) is 3.34. The lowest BCUT2D eigenvalue weighted by Gasteiger charge is -2.23. The molecule has 0 bridgehead atoms. The van der Waals surface area contributed by atoms with E-state index in [-0.39, 0.29) is 18.9 Å². The standard InChI is InChI=1S/C29H22N2O3S/c32-27(31(21-11-3-1-4-12-21)22-13-5-2-6-14-22)19-20-34-29(33)24-16-8-7-15-23(24)28-30-25-17-9-10-18-26(25)35-28/h1-18H,19-20H2. The summed E-state index contributed by atoms with van der Waals surface area (Å²) in [4.78, 5) is 32.5. The number of fused-ring (bicyclic) bond motifs is 1. The van der Waals surface area contributed by atoms with E-state index in [0.29, 0.717) is 5.56 Å². The van der Waals surface area contributed by atoms with Crippen molar-refractivity contribution in [1.82, 2.24) is 4.98 Å². The number of rotatable bonds is 7. The molecule has 5 nitrogen and oxygen atoms in total. The van der Waals surface area contributed by atoms with Crippen LogP contribution in [0.4, 0.5) is 11.4 Å². The van der Waals surface area contributed by atoms with Crippen molar-refractivity contribution in [2.45, 2.75) is 6.42 Å². The molecule has 0 spiro atoms. The van der Waals surface area contributed by atoms with Gasteiger partial charge in [0.15, 0.2) is 0 Å². The predicted molar refractivity (Wildman–Crippen MR) is 140 cm³/mol. The van der Waals surface area contributed by atoms with Crippen LogP contribution >= 0.6 is 11.3 Å². The Labute approximate surface area is 207 Å². The van der Waals surface area contributed by atoms with E-state index in [1.54, 1.807) is 17.0 Å². The second-order valence-electron chi connectivity index (χ2n) is 7.82. The third kappa shape index (κ3) is 4.98. The van der Waals surface area contributed by atoms with E-state index in [4.69, 9.17) is 4.74 Å². The van der Waals surface area contributed by atoms with Crippen LogP contribution in [0.5, 0.6) is 0 Å². The number of aromatic nitrogens is 1.